The molecule has 86 valence electrons. The van der Waals surface area contributed by atoms with Crippen molar-refractivity contribution in [1.82, 2.24) is 10.6 Å². The molecule has 16 heavy (non-hydrogen) atoms. The molecule has 3 nitrogen and oxygen atoms in total. The highest BCUT2D eigenvalue weighted by Crippen LogP contribution is 2.05. The second-order valence-electron chi connectivity index (χ2n) is 4.01. The highest BCUT2D eigenvalue weighted by atomic mass is 19.1. The van der Waals surface area contributed by atoms with Gasteiger partial charge in [0.25, 0.3) is 5.91 Å². The zero-order valence-electron chi connectivity index (χ0n) is 9.00. The number of carbonyl (C=O) groups is 1. The Morgan fingerprint density at radius 2 is 2.19 bits per heavy atom. The van der Waals surface area contributed by atoms with E-state index in [-0.39, 0.29) is 11.7 Å². The van der Waals surface area contributed by atoms with Crippen LogP contribution >= 0.6 is 0 Å². The Labute approximate surface area is 94.0 Å². The molecule has 1 amide bonds. The third-order valence-electron chi connectivity index (χ3n) is 2.78. The van der Waals surface area contributed by atoms with Crippen LogP contribution in [0.3, 0.4) is 0 Å². The predicted molar refractivity (Wildman–Crippen MR) is 59.8 cm³/mol. The molecule has 1 fully saturated rings. The molecule has 2 rings (SSSR count). The van der Waals surface area contributed by atoms with Crippen LogP contribution in [0.5, 0.6) is 0 Å². The Kier molecular flexibility index (Phi) is 3.51. The summed E-state index contributed by atoms with van der Waals surface area (Å²) in [7, 11) is 0. The van der Waals surface area contributed by atoms with E-state index in [1.54, 1.807) is 0 Å². The quantitative estimate of drug-likeness (QED) is 0.809. The minimum absolute atomic E-state index is 0.145. The van der Waals surface area contributed by atoms with Gasteiger partial charge in [0.1, 0.15) is 5.82 Å². The van der Waals surface area contributed by atoms with E-state index in [1.165, 1.54) is 24.3 Å². The van der Waals surface area contributed by atoms with E-state index in [4.69, 9.17) is 0 Å². The Morgan fingerprint density at radius 1 is 1.44 bits per heavy atom. The third kappa shape index (κ3) is 2.79. The highest BCUT2D eigenvalue weighted by molar-refractivity contribution is 5.94. The van der Waals surface area contributed by atoms with Crippen molar-refractivity contribution in [1.29, 1.82) is 0 Å². The average molecular weight is 222 g/mol. The first-order valence-corrected chi connectivity index (χ1v) is 5.53. The summed E-state index contributed by atoms with van der Waals surface area (Å²) in [5, 5.41) is 6.13. The van der Waals surface area contributed by atoms with Gasteiger partial charge in [0.15, 0.2) is 0 Å². The lowest BCUT2D eigenvalue weighted by molar-refractivity contribution is 0.0950. The summed E-state index contributed by atoms with van der Waals surface area (Å²) in [5.41, 5.74) is 0.499. The lowest BCUT2D eigenvalue weighted by Gasteiger charge is -2.11. The highest BCUT2D eigenvalue weighted by Gasteiger charge is 2.15. The number of nitrogens with one attached hydrogen (secondary N) is 2. The van der Waals surface area contributed by atoms with E-state index < -0.39 is 0 Å². The first-order valence-electron chi connectivity index (χ1n) is 5.53. The number of halogens is 1. The van der Waals surface area contributed by atoms with Gasteiger partial charge in [-0.05, 0) is 43.7 Å². The average Bonchev–Trinajstić information content (AvgIpc) is 2.80. The molecule has 0 aromatic heterocycles. The molecule has 1 aromatic carbocycles. The van der Waals surface area contributed by atoms with Crippen molar-refractivity contribution in [3.05, 3.63) is 35.6 Å². The summed E-state index contributed by atoms with van der Waals surface area (Å²) in [6, 6.07) is 5.95. The first-order chi connectivity index (χ1) is 7.75. The molecule has 1 saturated heterocycles. The molecule has 0 bridgehead atoms. The molecule has 1 aliphatic rings. The minimum Gasteiger partial charge on any atom is -0.350 e. The normalized spacial score (nSPS) is 19.7. The van der Waals surface area contributed by atoms with Crippen molar-refractivity contribution in [2.75, 3.05) is 13.1 Å². The van der Waals surface area contributed by atoms with Gasteiger partial charge >= 0.3 is 0 Å². The number of hydrogen-bond acceptors (Lipinski definition) is 2. The Balaban J connectivity index is 1.85. The van der Waals surface area contributed by atoms with Crippen molar-refractivity contribution in [3.63, 3.8) is 0 Å². The number of hydrogen-bond donors (Lipinski definition) is 2. The molecule has 4 heteroatoms. The van der Waals surface area contributed by atoms with Crippen LogP contribution in [0.4, 0.5) is 4.39 Å². The van der Waals surface area contributed by atoms with Crippen LogP contribution in [-0.4, -0.2) is 25.0 Å². The Hall–Kier alpha value is -1.42. The van der Waals surface area contributed by atoms with Gasteiger partial charge in [-0.15, -0.1) is 0 Å². The zero-order valence-corrected chi connectivity index (χ0v) is 9.00. The van der Waals surface area contributed by atoms with Gasteiger partial charge in [0.05, 0.1) is 0 Å². The maximum atomic E-state index is 12.6. The molecule has 0 radical (unpaired) electrons. The lowest BCUT2D eigenvalue weighted by Crippen LogP contribution is -2.37. The van der Waals surface area contributed by atoms with E-state index in [1.807, 2.05) is 0 Å². The number of rotatable bonds is 3. The monoisotopic (exact) mass is 222 g/mol. The van der Waals surface area contributed by atoms with Crippen LogP contribution in [0.15, 0.2) is 24.3 Å². The van der Waals surface area contributed by atoms with E-state index in [9.17, 15) is 9.18 Å². The molecule has 1 aromatic rings. The van der Waals surface area contributed by atoms with Crippen molar-refractivity contribution >= 4 is 5.91 Å². The SMILES string of the molecule is O=C(NCC1CCCN1)c1ccc(F)cc1. The van der Waals surface area contributed by atoms with E-state index in [2.05, 4.69) is 10.6 Å². The molecule has 1 aliphatic heterocycles. The summed E-state index contributed by atoms with van der Waals surface area (Å²) in [6.45, 7) is 1.66. The van der Waals surface area contributed by atoms with Crippen molar-refractivity contribution < 1.29 is 9.18 Å². The van der Waals surface area contributed by atoms with Crippen molar-refractivity contribution in [3.8, 4) is 0 Å². The molecule has 1 unspecified atom stereocenters. The predicted octanol–water partition coefficient (Wildman–Crippen LogP) is 1.31. The molecular weight excluding hydrogens is 207 g/mol. The maximum absolute atomic E-state index is 12.6. The summed E-state index contributed by atoms with van der Waals surface area (Å²) in [5.74, 6) is -0.470. The van der Waals surface area contributed by atoms with E-state index in [0.29, 0.717) is 18.2 Å². The second kappa shape index (κ2) is 5.07. The van der Waals surface area contributed by atoms with Gasteiger partial charge in [-0.3, -0.25) is 4.79 Å². The van der Waals surface area contributed by atoms with Gasteiger partial charge in [-0.25, -0.2) is 4.39 Å². The third-order valence-corrected chi connectivity index (χ3v) is 2.78. The van der Waals surface area contributed by atoms with Gasteiger partial charge in [-0.2, -0.15) is 0 Å². The molecule has 0 saturated carbocycles. The Morgan fingerprint density at radius 3 is 2.81 bits per heavy atom. The number of benzene rings is 1. The fourth-order valence-corrected chi connectivity index (χ4v) is 1.85. The fraction of sp³-hybridized carbons (Fsp3) is 0.417. The minimum atomic E-state index is -0.325. The smallest absolute Gasteiger partial charge is 0.251 e. The van der Waals surface area contributed by atoms with E-state index >= 15 is 0 Å². The van der Waals surface area contributed by atoms with Crippen molar-refractivity contribution in [2.45, 2.75) is 18.9 Å². The first kappa shape index (κ1) is 11.1. The zero-order chi connectivity index (χ0) is 11.4. The fourth-order valence-electron chi connectivity index (χ4n) is 1.85. The van der Waals surface area contributed by atoms with Gasteiger partial charge in [-0.1, -0.05) is 0 Å². The molecule has 2 N–H and O–H groups in total. The molecular formula is C12H15FN2O. The van der Waals surface area contributed by atoms with Crippen LogP contribution in [-0.2, 0) is 0 Å². The number of amides is 1. The van der Waals surface area contributed by atoms with Crippen LogP contribution < -0.4 is 10.6 Å². The van der Waals surface area contributed by atoms with Crippen LogP contribution in [0.25, 0.3) is 0 Å². The van der Waals surface area contributed by atoms with Crippen molar-refractivity contribution in [2.24, 2.45) is 0 Å². The van der Waals surface area contributed by atoms with Crippen LogP contribution in [0.2, 0.25) is 0 Å². The summed E-state index contributed by atoms with van der Waals surface area (Å²) in [6.07, 6.45) is 2.26. The number of carbonyl (C=O) groups excluding carboxylic acids is 1. The molecule has 1 atom stereocenters. The molecule has 0 spiro atoms. The molecule has 0 aliphatic carbocycles. The molecule has 1 heterocycles. The largest absolute Gasteiger partial charge is 0.350 e. The summed E-state index contributed by atoms with van der Waals surface area (Å²) >= 11 is 0. The van der Waals surface area contributed by atoms with E-state index in [0.717, 1.165) is 19.4 Å². The van der Waals surface area contributed by atoms with Crippen LogP contribution in [0, 0.1) is 5.82 Å². The summed E-state index contributed by atoms with van der Waals surface area (Å²) < 4.78 is 12.6. The maximum Gasteiger partial charge on any atom is 0.251 e. The summed E-state index contributed by atoms with van der Waals surface area (Å²) in [4.78, 5) is 11.7. The topological polar surface area (TPSA) is 41.1 Å². The van der Waals surface area contributed by atoms with Gasteiger partial charge < -0.3 is 10.6 Å². The lowest BCUT2D eigenvalue weighted by atomic mass is 10.2. The second-order valence-corrected chi connectivity index (χ2v) is 4.01. The van der Waals surface area contributed by atoms with Gasteiger partial charge in [0.2, 0.25) is 0 Å². The standard InChI is InChI=1S/C12H15FN2O/c13-10-5-3-9(4-6-10)12(16)15-8-11-2-1-7-14-11/h3-6,11,14H,1-2,7-8H2,(H,15,16). The Bertz CT molecular complexity index is 358. The van der Waals surface area contributed by atoms with Crippen LogP contribution in [0.1, 0.15) is 23.2 Å². The van der Waals surface area contributed by atoms with Gasteiger partial charge in [0, 0.05) is 18.2 Å².